The Kier molecular flexibility index (Phi) is 5.70. The Labute approximate surface area is 73.2 Å². The van der Waals surface area contributed by atoms with E-state index in [0.717, 1.165) is 6.42 Å². The second-order valence-corrected chi connectivity index (χ2v) is 2.35. The lowest BCUT2D eigenvalue weighted by molar-refractivity contribution is -0.133. The quantitative estimate of drug-likeness (QED) is 0.278. The van der Waals surface area contributed by atoms with Gasteiger partial charge in [-0.1, -0.05) is 25.7 Å². The molecule has 0 fully saturated rings. The largest absolute Gasteiger partial charge is 0.431 e. The summed E-state index contributed by atoms with van der Waals surface area (Å²) in [5, 5.41) is 0. The fourth-order valence-electron chi connectivity index (χ4n) is 0.462. The van der Waals surface area contributed by atoms with Crippen LogP contribution in [0.4, 0.5) is 0 Å². The second-order valence-electron chi connectivity index (χ2n) is 2.35. The first-order valence-corrected chi connectivity index (χ1v) is 3.86. The predicted octanol–water partition coefficient (Wildman–Crippen LogP) is 2.59. The number of carbonyl (C=O) groups is 1. The molecule has 0 aliphatic rings. The van der Waals surface area contributed by atoms with Crippen molar-refractivity contribution in [3.63, 3.8) is 0 Å². The molecule has 0 saturated carbocycles. The molecule has 0 atom stereocenters. The average Bonchev–Trinajstić information content (AvgIpc) is 2.03. The molecule has 0 radical (unpaired) electrons. The Hall–Kier alpha value is -1.31. The van der Waals surface area contributed by atoms with Gasteiger partial charge in [0.25, 0.3) is 0 Å². The third-order valence-electron chi connectivity index (χ3n) is 1.09. The molecule has 2 nitrogen and oxygen atoms in total. The van der Waals surface area contributed by atoms with E-state index < -0.39 is 5.97 Å². The van der Waals surface area contributed by atoms with Gasteiger partial charge in [-0.15, -0.1) is 0 Å². The van der Waals surface area contributed by atoms with Gasteiger partial charge in [0.05, 0.1) is 6.26 Å². The van der Waals surface area contributed by atoms with Crippen molar-refractivity contribution in [2.75, 3.05) is 0 Å². The van der Waals surface area contributed by atoms with Crippen LogP contribution < -0.4 is 0 Å². The van der Waals surface area contributed by atoms with Crippen molar-refractivity contribution >= 4 is 5.97 Å². The maximum absolute atomic E-state index is 10.8. The molecule has 0 unspecified atom stereocenters. The number of hydrogen-bond donors (Lipinski definition) is 0. The van der Waals surface area contributed by atoms with Crippen molar-refractivity contribution in [2.45, 2.75) is 20.3 Å². The lowest BCUT2D eigenvalue weighted by Crippen LogP contribution is -1.98. The summed E-state index contributed by atoms with van der Waals surface area (Å²) >= 11 is 0. The topological polar surface area (TPSA) is 26.3 Å². The SMILES string of the molecule is C=C(C)C(=O)O/C=C/C=C/CC. The van der Waals surface area contributed by atoms with Crippen LogP contribution >= 0.6 is 0 Å². The van der Waals surface area contributed by atoms with E-state index in [2.05, 4.69) is 11.3 Å². The Morgan fingerprint density at radius 2 is 2.17 bits per heavy atom. The molecular weight excluding hydrogens is 152 g/mol. The maximum Gasteiger partial charge on any atom is 0.337 e. The smallest absolute Gasteiger partial charge is 0.337 e. The van der Waals surface area contributed by atoms with Gasteiger partial charge in [0.15, 0.2) is 0 Å². The maximum atomic E-state index is 10.8. The van der Waals surface area contributed by atoms with Gasteiger partial charge in [0.1, 0.15) is 0 Å². The summed E-state index contributed by atoms with van der Waals surface area (Å²) in [6.07, 6.45) is 7.78. The molecule has 2 heteroatoms. The number of allylic oxidation sites excluding steroid dienone is 3. The van der Waals surface area contributed by atoms with Gasteiger partial charge < -0.3 is 4.74 Å². The van der Waals surface area contributed by atoms with Crippen molar-refractivity contribution < 1.29 is 9.53 Å². The first-order valence-electron chi connectivity index (χ1n) is 3.86. The summed E-state index contributed by atoms with van der Waals surface area (Å²) in [6.45, 7) is 7.08. The molecule has 0 amide bonds. The van der Waals surface area contributed by atoms with Crippen LogP contribution in [-0.2, 0) is 9.53 Å². The van der Waals surface area contributed by atoms with E-state index in [9.17, 15) is 4.79 Å². The number of hydrogen-bond acceptors (Lipinski definition) is 2. The van der Waals surface area contributed by atoms with Gasteiger partial charge in [-0.2, -0.15) is 0 Å². The highest BCUT2D eigenvalue weighted by molar-refractivity contribution is 5.87. The lowest BCUT2D eigenvalue weighted by atomic mass is 10.4. The molecule has 0 spiro atoms. The van der Waals surface area contributed by atoms with Crippen molar-refractivity contribution in [2.24, 2.45) is 0 Å². The number of esters is 1. The minimum absolute atomic E-state index is 0.392. The fourth-order valence-corrected chi connectivity index (χ4v) is 0.462. The minimum Gasteiger partial charge on any atom is -0.431 e. The zero-order valence-electron chi connectivity index (χ0n) is 7.54. The van der Waals surface area contributed by atoms with Gasteiger partial charge in [-0.25, -0.2) is 4.79 Å². The van der Waals surface area contributed by atoms with E-state index in [1.165, 1.54) is 6.26 Å². The zero-order chi connectivity index (χ0) is 9.40. The molecule has 12 heavy (non-hydrogen) atoms. The number of rotatable bonds is 4. The highest BCUT2D eigenvalue weighted by Crippen LogP contribution is 1.92. The first-order chi connectivity index (χ1) is 5.68. The highest BCUT2D eigenvalue weighted by atomic mass is 16.5. The average molecular weight is 166 g/mol. The second kappa shape index (κ2) is 6.40. The Morgan fingerprint density at radius 1 is 1.50 bits per heavy atom. The summed E-state index contributed by atoms with van der Waals surface area (Å²) < 4.78 is 4.68. The Balaban J connectivity index is 3.68. The van der Waals surface area contributed by atoms with E-state index in [4.69, 9.17) is 0 Å². The minimum atomic E-state index is -0.392. The first kappa shape index (κ1) is 10.7. The van der Waals surface area contributed by atoms with E-state index in [0.29, 0.717) is 5.57 Å². The lowest BCUT2D eigenvalue weighted by Gasteiger charge is -1.94. The normalized spacial score (nSPS) is 10.8. The standard InChI is InChI=1S/C10H14O2/c1-4-5-6-7-8-12-10(11)9(2)3/h5-8H,2,4H2,1,3H3/b6-5+,8-7+. The predicted molar refractivity (Wildman–Crippen MR) is 49.5 cm³/mol. The van der Waals surface area contributed by atoms with Gasteiger partial charge in [-0.3, -0.25) is 0 Å². The van der Waals surface area contributed by atoms with Gasteiger partial charge in [0, 0.05) is 5.57 Å². The Morgan fingerprint density at radius 3 is 2.67 bits per heavy atom. The van der Waals surface area contributed by atoms with Crippen molar-refractivity contribution in [1.29, 1.82) is 0 Å². The zero-order valence-corrected chi connectivity index (χ0v) is 7.54. The van der Waals surface area contributed by atoms with Crippen LogP contribution in [0, 0.1) is 0 Å². The number of ether oxygens (including phenoxy) is 1. The van der Waals surface area contributed by atoms with E-state index in [1.807, 2.05) is 19.1 Å². The number of carbonyl (C=O) groups excluding carboxylic acids is 1. The molecule has 0 heterocycles. The van der Waals surface area contributed by atoms with Crippen LogP contribution in [0.15, 0.2) is 36.6 Å². The molecule has 0 aromatic carbocycles. The molecule has 66 valence electrons. The van der Waals surface area contributed by atoms with Crippen LogP contribution in [0.5, 0.6) is 0 Å². The van der Waals surface area contributed by atoms with Crippen LogP contribution in [0.1, 0.15) is 20.3 Å². The van der Waals surface area contributed by atoms with Crippen molar-refractivity contribution in [3.05, 3.63) is 36.6 Å². The third-order valence-corrected chi connectivity index (χ3v) is 1.09. The summed E-state index contributed by atoms with van der Waals surface area (Å²) in [5.41, 5.74) is 0.402. The molecular formula is C10H14O2. The van der Waals surface area contributed by atoms with Crippen LogP contribution in [0.25, 0.3) is 0 Å². The molecule has 0 aromatic rings. The summed E-state index contributed by atoms with van der Waals surface area (Å²) in [7, 11) is 0. The summed E-state index contributed by atoms with van der Waals surface area (Å²) in [5.74, 6) is -0.392. The summed E-state index contributed by atoms with van der Waals surface area (Å²) in [4.78, 5) is 10.8. The van der Waals surface area contributed by atoms with Crippen molar-refractivity contribution in [3.8, 4) is 0 Å². The molecule has 0 rings (SSSR count). The van der Waals surface area contributed by atoms with Crippen LogP contribution in [-0.4, -0.2) is 5.97 Å². The molecule has 0 aromatic heterocycles. The van der Waals surface area contributed by atoms with Crippen LogP contribution in [0.3, 0.4) is 0 Å². The van der Waals surface area contributed by atoms with Gasteiger partial charge in [0.2, 0.25) is 0 Å². The molecule has 0 N–H and O–H groups in total. The Bertz CT molecular complexity index is 212. The molecule has 0 saturated heterocycles. The monoisotopic (exact) mass is 166 g/mol. The van der Waals surface area contributed by atoms with E-state index in [1.54, 1.807) is 13.0 Å². The molecule has 0 aliphatic carbocycles. The van der Waals surface area contributed by atoms with Gasteiger partial charge in [-0.05, 0) is 19.4 Å². The van der Waals surface area contributed by atoms with E-state index >= 15 is 0 Å². The fraction of sp³-hybridized carbons (Fsp3) is 0.300. The third kappa shape index (κ3) is 5.47. The highest BCUT2D eigenvalue weighted by Gasteiger charge is 1.97. The van der Waals surface area contributed by atoms with Crippen molar-refractivity contribution in [1.82, 2.24) is 0 Å². The summed E-state index contributed by atoms with van der Waals surface area (Å²) in [6, 6.07) is 0. The molecule has 0 bridgehead atoms. The van der Waals surface area contributed by atoms with E-state index in [-0.39, 0.29) is 0 Å². The molecule has 0 aliphatic heterocycles. The van der Waals surface area contributed by atoms with Crippen LogP contribution in [0.2, 0.25) is 0 Å². The van der Waals surface area contributed by atoms with Gasteiger partial charge >= 0.3 is 5.97 Å².